The van der Waals surface area contributed by atoms with Crippen molar-refractivity contribution in [1.82, 2.24) is 4.90 Å². The average molecular weight is 277 g/mol. The molecule has 0 bridgehead atoms. The molecular formula is C17H24FNO. The minimum absolute atomic E-state index is 0.140. The van der Waals surface area contributed by atoms with E-state index in [0.29, 0.717) is 12.2 Å². The summed E-state index contributed by atoms with van der Waals surface area (Å²) in [5.41, 5.74) is 0.588. The Hall–Kier alpha value is -1.22. The Morgan fingerprint density at radius 3 is 2.85 bits per heavy atom. The summed E-state index contributed by atoms with van der Waals surface area (Å²) in [4.78, 5) is 14.7. The molecule has 1 heterocycles. The molecule has 1 atom stereocenters. The molecule has 3 heteroatoms. The van der Waals surface area contributed by atoms with Gasteiger partial charge in [-0.1, -0.05) is 26.0 Å². The molecule has 0 amide bonds. The SMILES string of the molecule is CN1CCC[C@H](C(=O)CC(C)(C)c2cccc(F)c2)C1. The van der Waals surface area contributed by atoms with Gasteiger partial charge in [0.2, 0.25) is 0 Å². The fourth-order valence-corrected chi connectivity index (χ4v) is 3.02. The molecule has 1 aromatic rings. The lowest BCUT2D eigenvalue weighted by atomic mass is 9.77. The highest BCUT2D eigenvalue weighted by Gasteiger charge is 2.30. The number of hydrogen-bond acceptors (Lipinski definition) is 2. The highest BCUT2D eigenvalue weighted by atomic mass is 19.1. The van der Waals surface area contributed by atoms with Gasteiger partial charge in [0.15, 0.2) is 0 Å². The first-order valence-corrected chi connectivity index (χ1v) is 7.36. The van der Waals surface area contributed by atoms with Gasteiger partial charge in [0, 0.05) is 18.9 Å². The van der Waals surface area contributed by atoms with Crippen molar-refractivity contribution in [3.8, 4) is 0 Å². The van der Waals surface area contributed by atoms with Crippen molar-refractivity contribution in [2.45, 2.75) is 38.5 Å². The van der Waals surface area contributed by atoms with Gasteiger partial charge in [-0.25, -0.2) is 4.39 Å². The average Bonchev–Trinajstić information content (AvgIpc) is 2.38. The van der Waals surface area contributed by atoms with Crippen LogP contribution >= 0.6 is 0 Å². The van der Waals surface area contributed by atoms with E-state index in [1.165, 1.54) is 6.07 Å². The largest absolute Gasteiger partial charge is 0.306 e. The van der Waals surface area contributed by atoms with Crippen molar-refractivity contribution in [3.05, 3.63) is 35.6 Å². The molecule has 1 saturated heterocycles. The number of rotatable bonds is 4. The van der Waals surface area contributed by atoms with Gasteiger partial charge in [-0.2, -0.15) is 0 Å². The second-order valence-corrected chi connectivity index (χ2v) is 6.64. The van der Waals surface area contributed by atoms with Crippen molar-refractivity contribution in [1.29, 1.82) is 0 Å². The fraction of sp³-hybridized carbons (Fsp3) is 0.588. The molecule has 0 radical (unpaired) electrons. The molecule has 110 valence electrons. The van der Waals surface area contributed by atoms with Gasteiger partial charge in [0.25, 0.3) is 0 Å². The molecule has 1 aromatic carbocycles. The summed E-state index contributed by atoms with van der Waals surface area (Å²) >= 11 is 0. The van der Waals surface area contributed by atoms with Crippen LogP contribution in [0.15, 0.2) is 24.3 Å². The van der Waals surface area contributed by atoms with E-state index >= 15 is 0 Å². The van der Waals surface area contributed by atoms with Crippen LogP contribution in [0, 0.1) is 11.7 Å². The zero-order valence-corrected chi connectivity index (χ0v) is 12.7. The minimum Gasteiger partial charge on any atom is -0.306 e. The fourth-order valence-electron chi connectivity index (χ4n) is 3.02. The number of benzene rings is 1. The van der Waals surface area contributed by atoms with E-state index in [-0.39, 0.29) is 17.2 Å². The number of carbonyl (C=O) groups is 1. The number of piperidine rings is 1. The van der Waals surface area contributed by atoms with Gasteiger partial charge in [-0.15, -0.1) is 0 Å². The molecular weight excluding hydrogens is 253 g/mol. The molecule has 2 rings (SSSR count). The van der Waals surface area contributed by atoms with Crippen molar-refractivity contribution >= 4 is 5.78 Å². The lowest BCUT2D eigenvalue weighted by Crippen LogP contribution is -2.38. The van der Waals surface area contributed by atoms with Gasteiger partial charge >= 0.3 is 0 Å². The lowest BCUT2D eigenvalue weighted by molar-refractivity contribution is -0.125. The van der Waals surface area contributed by atoms with Gasteiger partial charge in [-0.3, -0.25) is 4.79 Å². The van der Waals surface area contributed by atoms with Crippen LogP contribution in [0.3, 0.4) is 0 Å². The zero-order valence-electron chi connectivity index (χ0n) is 12.7. The first-order valence-electron chi connectivity index (χ1n) is 7.36. The molecule has 0 aliphatic carbocycles. The van der Waals surface area contributed by atoms with Crippen LogP contribution in [0.4, 0.5) is 4.39 Å². The van der Waals surface area contributed by atoms with Crippen LogP contribution in [-0.4, -0.2) is 30.8 Å². The Morgan fingerprint density at radius 2 is 2.20 bits per heavy atom. The maximum Gasteiger partial charge on any atom is 0.138 e. The van der Waals surface area contributed by atoms with Crippen LogP contribution in [-0.2, 0) is 10.2 Å². The van der Waals surface area contributed by atoms with E-state index < -0.39 is 0 Å². The molecule has 0 N–H and O–H groups in total. The second-order valence-electron chi connectivity index (χ2n) is 6.64. The highest BCUT2D eigenvalue weighted by molar-refractivity contribution is 5.82. The lowest BCUT2D eigenvalue weighted by Gasteiger charge is -2.32. The van der Waals surface area contributed by atoms with Crippen molar-refractivity contribution < 1.29 is 9.18 Å². The minimum atomic E-state index is -0.310. The zero-order chi connectivity index (χ0) is 14.8. The number of likely N-dealkylation sites (tertiary alicyclic amines) is 1. The topological polar surface area (TPSA) is 20.3 Å². The summed E-state index contributed by atoms with van der Waals surface area (Å²) in [6, 6.07) is 6.60. The Morgan fingerprint density at radius 1 is 1.45 bits per heavy atom. The predicted molar refractivity (Wildman–Crippen MR) is 79.3 cm³/mol. The number of ketones is 1. The van der Waals surface area contributed by atoms with Crippen LogP contribution in [0.25, 0.3) is 0 Å². The van der Waals surface area contributed by atoms with E-state index in [4.69, 9.17) is 0 Å². The summed E-state index contributed by atoms with van der Waals surface area (Å²) in [5, 5.41) is 0. The predicted octanol–water partition coefficient (Wildman–Crippen LogP) is 3.40. The summed E-state index contributed by atoms with van der Waals surface area (Å²) in [6.45, 7) is 5.98. The standard InChI is InChI=1S/C17H24FNO/c1-17(2,14-7-4-8-15(18)10-14)11-16(20)13-6-5-9-19(3)12-13/h4,7-8,10,13H,5-6,9,11-12H2,1-3H3/t13-/m0/s1. The van der Waals surface area contributed by atoms with E-state index in [9.17, 15) is 9.18 Å². The van der Waals surface area contributed by atoms with E-state index in [1.807, 2.05) is 19.9 Å². The first kappa shape index (κ1) is 15.2. The maximum absolute atomic E-state index is 13.3. The maximum atomic E-state index is 13.3. The second kappa shape index (κ2) is 6.04. The van der Waals surface area contributed by atoms with Crippen molar-refractivity contribution in [3.63, 3.8) is 0 Å². The Kier molecular flexibility index (Phi) is 4.59. The quantitative estimate of drug-likeness (QED) is 0.840. The monoisotopic (exact) mass is 277 g/mol. The van der Waals surface area contributed by atoms with Crippen LogP contribution in [0.2, 0.25) is 0 Å². The number of nitrogens with zero attached hydrogens (tertiary/aromatic N) is 1. The summed E-state index contributed by atoms with van der Waals surface area (Å²) in [7, 11) is 2.07. The highest BCUT2D eigenvalue weighted by Crippen LogP contribution is 2.30. The molecule has 1 aliphatic rings. The van der Waals surface area contributed by atoms with Crippen molar-refractivity contribution in [2.75, 3.05) is 20.1 Å². The number of carbonyl (C=O) groups excluding carboxylic acids is 1. The molecule has 0 spiro atoms. The summed E-state index contributed by atoms with van der Waals surface area (Å²) < 4.78 is 13.3. The Bertz CT molecular complexity index is 484. The third kappa shape index (κ3) is 3.66. The Labute approximate surface area is 121 Å². The Balaban J connectivity index is 2.05. The number of halogens is 1. The molecule has 0 saturated carbocycles. The van der Waals surface area contributed by atoms with Crippen LogP contribution < -0.4 is 0 Å². The number of Topliss-reactive ketones (excluding diaryl/α,β-unsaturated/α-hetero) is 1. The molecule has 0 unspecified atom stereocenters. The molecule has 0 aromatic heterocycles. The van der Waals surface area contributed by atoms with Gasteiger partial charge in [0.1, 0.15) is 11.6 Å². The van der Waals surface area contributed by atoms with E-state index in [1.54, 1.807) is 12.1 Å². The molecule has 2 nitrogen and oxygen atoms in total. The number of hydrogen-bond donors (Lipinski definition) is 0. The van der Waals surface area contributed by atoms with Crippen LogP contribution in [0.5, 0.6) is 0 Å². The summed E-state index contributed by atoms with van der Waals surface area (Å²) in [6.07, 6.45) is 2.56. The first-order chi connectivity index (χ1) is 9.38. The van der Waals surface area contributed by atoms with Gasteiger partial charge < -0.3 is 4.90 Å². The normalized spacial score (nSPS) is 20.9. The summed E-state index contributed by atoms with van der Waals surface area (Å²) in [5.74, 6) is 0.216. The molecule has 1 aliphatic heterocycles. The van der Waals surface area contributed by atoms with Gasteiger partial charge in [0.05, 0.1) is 0 Å². The van der Waals surface area contributed by atoms with Crippen molar-refractivity contribution in [2.24, 2.45) is 5.92 Å². The van der Waals surface area contributed by atoms with E-state index in [2.05, 4.69) is 11.9 Å². The third-order valence-electron chi connectivity index (χ3n) is 4.30. The molecule has 1 fully saturated rings. The van der Waals surface area contributed by atoms with E-state index in [0.717, 1.165) is 31.5 Å². The smallest absolute Gasteiger partial charge is 0.138 e. The van der Waals surface area contributed by atoms with Crippen LogP contribution in [0.1, 0.15) is 38.7 Å². The third-order valence-corrected chi connectivity index (χ3v) is 4.30. The van der Waals surface area contributed by atoms with Gasteiger partial charge in [-0.05, 0) is 49.5 Å². The molecule has 20 heavy (non-hydrogen) atoms.